The van der Waals surface area contributed by atoms with Crippen LogP contribution in [0.2, 0.25) is 0 Å². The number of carbonyl (C=O) groups excluding carboxylic acids is 1. The molecule has 7 N–H and O–H groups in total. The summed E-state index contributed by atoms with van der Waals surface area (Å²) in [6.45, 7) is 2.87. The van der Waals surface area contributed by atoms with Crippen LogP contribution in [0.3, 0.4) is 0 Å². The molecule has 2 aliphatic heterocycles. The van der Waals surface area contributed by atoms with Gasteiger partial charge in [0.2, 0.25) is 10.8 Å². The van der Waals surface area contributed by atoms with E-state index in [9.17, 15) is 15.0 Å². The van der Waals surface area contributed by atoms with Crippen molar-refractivity contribution in [2.45, 2.75) is 18.1 Å². The van der Waals surface area contributed by atoms with E-state index in [1.54, 1.807) is 0 Å². The molecule has 0 aromatic carbocycles. The summed E-state index contributed by atoms with van der Waals surface area (Å²) in [4.78, 5) is 19.7. The smallest absolute Gasteiger partial charge is 0.294 e. The zero-order chi connectivity index (χ0) is 16.5. The SMILES string of the molecule is C=C1N=C(N)C=CN1[C@@H]1O[C@@](CO)(N=[N+]=N)[C@@H](O)[C@@H]1C(N)=O. The summed E-state index contributed by atoms with van der Waals surface area (Å²) < 4.78 is 5.49. The lowest BCUT2D eigenvalue weighted by Crippen LogP contribution is -2.47. The molecule has 0 spiro atoms. The standard InChI is InChI=1S/C11H15N7O4/c1-5-15-6(12)2-3-18(5)10-7(9(13)21)8(20)11(4-19,22-10)16-17-14/h2-3,7-8,10,14,19-20H,1,4H2,(H3-,12,13,15,21)/p+1/t7-,8+,10-,11-/m1/s1. The molecule has 11 nitrogen and oxygen atoms in total. The topological polar surface area (TPSA) is 185 Å². The lowest BCUT2D eigenvalue weighted by molar-refractivity contribution is -0.135. The number of carbonyl (C=O) groups is 1. The maximum Gasteiger partial charge on any atom is 0.294 e. The van der Waals surface area contributed by atoms with Gasteiger partial charge in [0.15, 0.2) is 11.3 Å². The van der Waals surface area contributed by atoms with Crippen LogP contribution in [0, 0.1) is 11.4 Å². The summed E-state index contributed by atoms with van der Waals surface area (Å²) in [6, 6.07) is 0. The van der Waals surface area contributed by atoms with Gasteiger partial charge in [-0.05, 0) is 6.08 Å². The second-order valence-electron chi connectivity index (χ2n) is 4.76. The van der Waals surface area contributed by atoms with E-state index in [1.165, 1.54) is 17.2 Å². The molecule has 118 valence electrons. The number of aliphatic imine (C=N–C) groups is 1. The molecular formula is C11H16N7O4+. The van der Waals surface area contributed by atoms with E-state index >= 15 is 0 Å². The minimum Gasteiger partial charge on any atom is -0.391 e. The molecule has 1 fully saturated rings. The van der Waals surface area contributed by atoms with Crippen molar-refractivity contribution in [1.29, 1.82) is 5.53 Å². The molecule has 0 radical (unpaired) electrons. The molecule has 11 heteroatoms. The Kier molecular flexibility index (Phi) is 4.06. The second-order valence-corrected chi connectivity index (χ2v) is 4.76. The maximum absolute atomic E-state index is 11.7. The first-order chi connectivity index (χ1) is 10.4. The Morgan fingerprint density at radius 2 is 2.41 bits per heavy atom. The van der Waals surface area contributed by atoms with Gasteiger partial charge in [-0.2, -0.15) is 0 Å². The van der Waals surface area contributed by atoms with E-state index in [-0.39, 0.29) is 11.7 Å². The van der Waals surface area contributed by atoms with Crippen molar-refractivity contribution in [3.8, 4) is 0 Å². The quantitative estimate of drug-likeness (QED) is 0.287. The van der Waals surface area contributed by atoms with Crippen LogP contribution in [-0.2, 0) is 9.53 Å². The third-order valence-electron chi connectivity index (χ3n) is 3.44. The van der Waals surface area contributed by atoms with E-state index in [0.29, 0.717) is 0 Å². The molecule has 2 heterocycles. The third-order valence-corrected chi connectivity index (χ3v) is 3.44. The Morgan fingerprint density at radius 1 is 1.73 bits per heavy atom. The largest absolute Gasteiger partial charge is 0.391 e. The highest BCUT2D eigenvalue weighted by Gasteiger charge is 2.62. The number of ether oxygens (including phenoxy) is 1. The zero-order valence-electron chi connectivity index (χ0n) is 11.5. The number of nitrogens with one attached hydrogen (secondary N) is 1. The van der Waals surface area contributed by atoms with Gasteiger partial charge >= 0.3 is 0 Å². The molecule has 22 heavy (non-hydrogen) atoms. The first-order valence-electron chi connectivity index (χ1n) is 6.20. The summed E-state index contributed by atoms with van der Waals surface area (Å²) >= 11 is 0. The van der Waals surface area contributed by atoms with Gasteiger partial charge in [-0.25, -0.2) is 4.99 Å². The monoisotopic (exact) mass is 310 g/mol. The second kappa shape index (κ2) is 5.66. The van der Waals surface area contributed by atoms with Crippen molar-refractivity contribution in [1.82, 2.24) is 9.81 Å². The highest BCUT2D eigenvalue weighted by molar-refractivity contribution is 5.92. The molecule has 0 aromatic heterocycles. The molecule has 0 aliphatic carbocycles. The number of rotatable bonds is 4. The molecular weight excluding hydrogens is 294 g/mol. The highest BCUT2D eigenvalue weighted by atomic mass is 16.6. The fourth-order valence-electron chi connectivity index (χ4n) is 2.36. The Labute approximate surface area is 124 Å². The van der Waals surface area contributed by atoms with Gasteiger partial charge in [0.25, 0.3) is 5.72 Å². The summed E-state index contributed by atoms with van der Waals surface area (Å²) in [6.07, 6.45) is 0.153. The molecule has 0 saturated carbocycles. The van der Waals surface area contributed by atoms with Gasteiger partial charge in [0.05, 0.1) is 0 Å². The normalized spacial score (nSPS) is 34.3. The number of nitrogens with zero attached hydrogens (tertiary/aromatic N) is 4. The average molecular weight is 310 g/mol. The van der Waals surface area contributed by atoms with Gasteiger partial charge in [-0.15, -0.1) is 0 Å². The maximum atomic E-state index is 11.7. The van der Waals surface area contributed by atoms with Crippen molar-refractivity contribution in [3.63, 3.8) is 0 Å². The zero-order valence-corrected chi connectivity index (χ0v) is 11.5. The number of aliphatic hydroxyl groups excluding tert-OH is 2. The average Bonchev–Trinajstić information content (AvgIpc) is 2.73. The van der Waals surface area contributed by atoms with Crippen molar-refractivity contribution in [2.24, 2.45) is 27.5 Å². The fraction of sp³-hybridized carbons (Fsp3) is 0.455. The van der Waals surface area contributed by atoms with E-state index in [2.05, 4.69) is 21.6 Å². The van der Waals surface area contributed by atoms with Gasteiger partial charge in [0.1, 0.15) is 35.8 Å². The molecule has 0 unspecified atom stereocenters. The predicted octanol–water partition coefficient (Wildman–Crippen LogP) is -2.30. The molecule has 0 bridgehead atoms. The molecule has 4 atom stereocenters. The van der Waals surface area contributed by atoms with Crippen LogP contribution < -0.4 is 16.4 Å². The van der Waals surface area contributed by atoms with Crippen molar-refractivity contribution >= 4 is 11.7 Å². The van der Waals surface area contributed by atoms with Crippen molar-refractivity contribution in [3.05, 3.63) is 24.7 Å². The van der Waals surface area contributed by atoms with E-state index in [4.69, 9.17) is 21.7 Å². The lowest BCUT2D eigenvalue weighted by Gasteiger charge is -2.31. The number of amides is 1. The Balaban J connectivity index is 2.42. The van der Waals surface area contributed by atoms with Crippen LogP contribution in [0.25, 0.3) is 0 Å². The minimum absolute atomic E-state index is 0.153. The van der Waals surface area contributed by atoms with Crippen LogP contribution in [0.1, 0.15) is 0 Å². The number of primary amides is 1. The Hall–Kier alpha value is -2.59. The molecule has 1 amide bonds. The predicted molar refractivity (Wildman–Crippen MR) is 72.4 cm³/mol. The lowest BCUT2D eigenvalue weighted by atomic mass is 9.95. The first kappa shape index (κ1) is 15.8. The van der Waals surface area contributed by atoms with Crippen LogP contribution in [0.5, 0.6) is 0 Å². The number of hydrogen-bond donors (Lipinski definition) is 5. The van der Waals surface area contributed by atoms with E-state index in [1.807, 2.05) is 0 Å². The minimum atomic E-state index is -1.97. The summed E-state index contributed by atoms with van der Waals surface area (Å²) in [5, 5.41) is 23.1. The van der Waals surface area contributed by atoms with Gasteiger partial charge < -0.3 is 31.3 Å². The molecule has 1 saturated heterocycles. The van der Waals surface area contributed by atoms with Gasteiger partial charge in [-0.1, -0.05) is 6.58 Å². The van der Waals surface area contributed by atoms with Gasteiger partial charge in [-0.3, -0.25) is 4.79 Å². The van der Waals surface area contributed by atoms with Crippen LogP contribution in [0.4, 0.5) is 0 Å². The van der Waals surface area contributed by atoms with E-state index < -0.39 is 36.5 Å². The third kappa shape index (κ3) is 2.38. The van der Waals surface area contributed by atoms with Crippen molar-refractivity contribution < 1.29 is 19.7 Å². The highest BCUT2D eigenvalue weighted by Crippen LogP contribution is 2.39. The van der Waals surface area contributed by atoms with Crippen LogP contribution in [-0.4, -0.2) is 51.5 Å². The number of nitrogens with two attached hydrogens (primary N) is 2. The van der Waals surface area contributed by atoms with Crippen molar-refractivity contribution in [2.75, 3.05) is 6.61 Å². The first-order valence-corrected chi connectivity index (χ1v) is 6.20. The summed E-state index contributed by atoms with van der Waals surface area (Å²) in [5.41, 5.74) is 15.7. The molecule has 2 aliphatic rings. The van der Waals surface area contributed by atoms with Gasteiger partial charge in [0, 0.05) is 6.20 Å². The Morgan fingerprint density at radius 3 is 2.91 bits per heavy atom. The van der Waals surface area contributed by atoms with E-state index in [0.717, 1.165) is 0 Å². The Bertz CT molecular complexity index is 612. The summed E-state index contributed by atoms with van der Waals surface area (Å²) in [5.74, 6) is -1.78. The van der Waals surface area contributed by atoms with Crippen LogP contribution >= 0.6 is 0 Å². The number of hydrogen-bond acceptors (Lipinski definition) is 9. The summed E-state index contributed by atoms with van der Waals surface area (Å²) in [7, 11) is 0. The fourth-order valence-corrected chi connectivity index (χ4v) is 2.36. The number of amidine groups is 1. The van der Waals surface area contributed by atoms with Crippen LogP contribution in [0.15, 0.2) is 34.8 Å². The number of aliphatic hydroxyl groups is 2. The molecule has 0 aromatic rings. The molecule has 2 rings (SSSR count).